The van der Waals surface area contributed by atoms with Crippen molar-refractivity contribution in [3.8, 4) is 5.75 Å². The molecule has 3 rings (SSSR count). The number of aliphatic imine (C=N–C) groups is 1. The number of nitrogens with zero attached hydrogens (tertiary/aromatic N) is 2. The van der Waals surface area contributed by atoms with Crippen LogP contribution in [0, 0.1) is 0 Å². The maximum absolute atomic E-state index is 13.1. The lowest BCUT2D eigenvalue weighted by Gasteiger charge is -2.16. The lowest BCUT2D eigenvalue weighted by atomic mass is 10.2. The van der Waals surface area contributed by atoms with Crippen molar-refractivity contribution >= 4 is 40.1 Å². The number of para-hydroxylation sites is 3. The van der Waals surface area contributed by atoms with Crippen molar-refractivity contribution in [1.29, 1.82) is 0 Å². The number of benzene rings is 2. The van der Waals surface area contributed by atoms with E-state index in [9.17, 15) is 9.59 Å². The molecule has 1 N–H and O–H groups in total. The Labute approximate surface area is 186 Å². The molecular formula is C23H27N3O4S. The number of ether oxygens (including phenoxy) is 2. The average molecular weight is 442 g/mol. The Morgan fingerprint density at radius 2 is 1.90 bits per heavy atom. The van der Waals surface area contributed by atoms with Crippen molar-refractivity contribution in [3.05, 3.63) is 54.6 Å². The van der Waals surface area contributed by atoms with E-state index in [2.05, 4.69) is 10.3 Å². The first-order chi connectivity index (χ1) is 15.1. The summed E-state index contributed by atoms with van der Waals surface area (Å²) in [7, 11) is 1.55. The number of amides is 2. The first-order valence-corrected chi connectivity index (χ1v) is 11.1. The minimum absolute atomic E-state index is 0.0529. The normalized spacial score (nSPS) is 17.2. The van der Waals surface area contributed by atoms with Gasteiger partial charge in [0, 0.05) is 26.2 Å². The van der Waals surface area contributed by atoms with Gasteiger partial charge in [-0.25, -0.2) is 4.99 Å². The first kappa shape index (κ1) is 22.8. The smallest absolute Gasteiger partial charge is 0.242 e. The van der Waals surface area contributed by atoms with Crippen LogP contribution in [-0.2, 0) is 14.3 Å². The summed E-state index contributed by atoms with van der Waals surface area (Å²) in [6, 6.07) is 16.7. The van der Waals surface area contributed by atoms with Crippen LogP contribution in [0.2, 0.25) is 0 Å². The lowest BCUT2D eigenvalue weighted by molar-refractivity contribution is -0.128. The summed E-state index contributed by atoms with van der Waals surface area (Å²) in [6.45, 7) is 3.65. The van der Waals surface area contributed by atoms with Gasteiger partial charge in [0.1, 0.15) is 11.0 Å². The Morgan fingerprint density at radius 1 is 1.16 bits per heavy atom. The van der Waals surface area contributed by atoms with E-state index in [0.717, 1.165) is 5.69 Å². The number of anilines is 1. The molecule has 2 amide bonds. The molecule has 0 aliphatic carbocycles. The molecule has 2 aromatic rings. The third kappa shape index (κ3) is 6.32. The van der Waals surface area contributed by atoms with E-state index in [1.54, 1.807) is 24.1 Å². The van der Waals surface area contributed by atoms with Crippen molar-refractivity contribution in [2.24, 2.45) is 4.99 Å². The van der Waals surface area contributed by atoms with Crippen LogP contribution in [0.4, 0.5) is 11.4 Å². The third-order valence-electron chi connectivity index (χ3n) is 4.63. The molecule has 8 heteroatoms. The largest absolute Gasteiger partial charge is 0.495 e. The molecule has 2 aromatic carbocycles. The second-order valence-corrected chi connectivity index (χ2v) is 8.00. The highest BCUT2D eigenvalue weighted by atomic mass is 32.2. The predicted octanol–water partition coefficient (Wildman–Crippen LogP) is 4.08. The van der Waals surface area contributed by atoms with E-state index in [1.165, 1.54) is 11.8 Å². The number of methoxy groups -OCH3 is 1. The fourth-order valence-corrected chi connectivity index (χ4v) is 4.31. The standard InChI is InChI=1S/C23H27N3O4S/c1-3-30-15-9-14-26-22(28)20(31-23(26)24-17-10-5-4-6-11-17)16-21(27)25-18-12-7-8-13-19(18)29-2/h4-8,10-13,20H,3,9,14-16H2,1-2H3,(H,25,27). The van der Waals surface area contributed by atoms with Crippen LogP contribution in [0.15, 0.2) is 59.6 Å². The monoisotopic (exact) mass is 441 g/mol. The quantitative estimate of drug-likeness (QED) is 0.562. The fraction of sp³-hybridized carbons (Fsp3) is 0.348. The molecule has 0 radical (unpaired) electrons. The number of rotatable bonds is 10. The van der Waals surface area contributed by atoms with Crippen LogP contribution >= 0.6 is 11.8 Å². The minimum atomic E-state index is -0.524. The van der Waals surface area contributed by atoms with E-state index in [1.807, 2.05) is 49.4 Å². The topological polar surface area (TPSA) is 80.2 Å². The fourth-order valence-electron chi connectivity index (χ4n) is 3.13. The Balaban J connectivity index is 1.70. The number of carbonyl (C=O) groups excluding carboxylic acids is 2. The second kappa shape index (κ2) is 11.5. The molecule has 0 spiro atoms. The summed E-state index contributed by atoms with van der Waals surface area (Å²) in [4.78, 5) is 32.0. The average Bonchev–Trinajstić information content (AvgIpc) is 3.06. The SMILES string of the molecule is CCOCCCN1C(=O)C(CC(=O)Nc2ccccc2OC)SC1=Nc1ccccc1. The van der Waals surface area contributed by atoms with Gasteiger partial charge in [0.05, 0.1) is 18.5 Å². The molecule has 1 saturated heterocycles. The second-order valence-electron chi connectivity index (χ2n) is 6.83. The van der Waals surface area contributed by atoms with Gasteiger partial charge in [-0.15, -0.1) is 0 Å². The zero-order chi connectivity index (χ0) is 22.1. The van der Waals surface area contributed by atoms with E-state index < -0.39 is 5.25 Å². The lowest BCUT2D eigenvalue weighted by Crippen LogP contribution is -2.34. The zero-order valence-electron chi connectivity index (χ0n) is 17.7. The van der Waals surface area contributed by atoms with E-state index in [0.29, 0.717) is 42.8 Å². The Hall–Kier alpha value is -2.84. The summed E-state index contributed by atoms with van der Waals surface area (Å²) < 4.78 is 10.7. The number of thioether (sulfide) groups is 1. The molecule has 0 aromatic heterocycles. The van der Waals surface area contributed by atoms with Crippen LogP contribution < -0.4 is 10.1 Å². The summed E-state index contributed by atoms with van der Waals surface area (Å²) in [6.07, 6.45) is 0.755. The Morgan fingerprint density at radius 3 is 2.65 bits per heavy atom. The van der Waals surface area contributed by atoms with Crippen LogP contribution in [0.3, 0.4) is 0 Å². The predicted molar refractivity (Wildman–Crippen MR) is 124 cm³/mol. The molecule has 1 atom stereocenters. The van der Waals surface area contributed by atoms with Gasteiger partial charge in [-0.05, 0) is 37.6 Å². The van der Waals surface area contributed by atoms with Crippen molar-refractivity contribution in [3.63, 3.8) is 0 Å². The van der Waals surface area contributed by atoms with E-state index in [-0.39, 0.29) is 18.2 Å². The number of amidine groups is 1. The highest BCUT2D eigenvalue weighted by Crippen LogP contribution is 2.32. The van der Waals surface area contributed by atoms with Crippen molar-refractivity contribution in [2.75, 3.05) is 32.2 Å². The van der Waals surface area contributed by atoms with Crippen molar-refractivity contribution in [2.45, 2.75) is 25.0 Å². The number of hydrogen-bond donors (Lipinski definition) is 1. The number of carbonyl (C=O) groups is 2. The highest BCUT2D eigenvalue weighted by molar-refractivity contribution is 8.15. The molecule has 31 heavy (non-hydrogen) atoms. The van der Waals surface area contributed by atoms with Crippen LogP contribution in [-0.4, -0.2) is 54.0 Å². The molecule has 0 bridgehead atoms. The van der Waals surface area contributed by atoms with Crippen molar-refractivity contribution < 1.29 is 19.1 Å². The molecular weight excluding hydrogens is 414 g/mol. The maximum atomic E-state index is 13.1. The van der Waals surface area contributed by atoms with Gasteiger partial charge < -0.3 is 14.8 Å². The molecule has 7 nitrogen and oxygen atoms in total. The van der Waals surface area contributed by atoms with Crippen LogP contribution in [0.5, 0.6) is 5.75 Å². The molecule has 1 aliphatic heterocycles. The van der Waals surface area contributed by atoms with Gasteiger partial charge >= 0.3 is 0 Å². The van der Waals surface area contributed by atoms with E-state index in [4.69, 9.17) is 9.47 Å². The molecule has 164 valence electrons. The molecule has 1 heterocycles. The number of nitrogens with one attached hydrogen (secondary N) is 1. The summed E-state index contributed by atoms with van der Waals surface area (Å²) in [5.41, 5.74) is 1.35. The highest BCUT2D eigenvalue weighted by Gasteiger charge is 2.39. The van der Waals surface area contributed by atoms with E-state index >= 15 is 0 Å². The summed E-state index contributed by atoms with van der Waals surface area (Å²) in [5, 5.41) is 2.93. The summed E-state index contributed by atoms with van der Waals surface area (Å²) in [5.74, 6) is 0.224. The summed E-state index contributed by atoms with van der Waals surface area (Å²) >= 11 is 1.33. The van der Waals surface area contributed by atoms with Gasteiger partial charge in [0.15, 0.2) is 5.17 Å². The van der Waals surface area contributed by atoms with Gasteiger partial charge in [0.2, 0.25) is 11.8 Å². The van der Waals surface area contributed by atoms with Gasteiger partial charge in [0.25, 0.3) is 0 Å². The Kier molecular flexibility index (Phi) is 8.49. The maximum Gasteiger partial charge on any atom is 0.242 e. The first-order valence-electron chi connectivity index (χ1n) is 10.2. The third-order valence-corrected chi connectivity index (χ3v) is 5.80. The van der Waals surface area contributed by atoms with Crippen LogP contribution in [0.1, 0.15) is 19.8 Å². The molecule has 1 unspecified atom stereocenters. The molecule has 1 fully saturated rings. The van der Waals surface area contributed by atoms with Crippen molar-refractivity contribution in [1.82, 2.24) is 4.90 Å². The van der Waals surface area contributed by atoms with Crippen LogP contribution in [0.25, 0.3) is 0 Å². The van der Waals surface area contributed by atoms with Gasteiger partial charge in [-0.1, -0.05) is 42.1 Å². The Bertz CT molecular complexity index is 920. The zero-order valence-corrected chi connectivity index (χ0v) is 18.6. The minimum Gasteiger partial charge on any atom is -0.495 e. The van der Waals surface area contributed by atoms with Gasteiger partial charge in [-0.2, -0.15) is 0 Å². The molecule has 0 saturated carbocycles. The number of hydrogen-bond acceptors (Lipinski definition) is 6. The molecule has 1 aliphatic rings. The van der Waals surface area contributed by atoms with Gasteiger partial charge in [-0.3, -0.25) is 14.5 Å².